The first-order valence-corrected chi connectivity index (χ1v) is 7.76. The Morgan fingerprint density at radius 1 is 1.05 bits per heavy atom. The number of hydrogen-bond donors (Lipinski definition) is 1. The van der Waals surface area contributed by atoms with Crippen LogP contribution in [0.25, 0.3) is 0 Å². The van der Waals surface area contributed by atoms with Crippen molar-refractivity contribution < 1.29 is 4.74 Å². The zero-order chi connectivity index (χ0) is 15.2. The molecule has 0 saturated carbocycles. The van der Waals surface area contributed by atoms with Gasteiger partial charge >= 0.3 is 0 Å². The van der Waals surface area contributed by atoms with Gasteiger partial charge in [-0.2, -0.15) is 0 Å². The lowest BCUT2D eigenvalue weighted by atomic mass is 9.86. The second-order valence-corrected chi connectivity index (χ2v) is 6.91. The average Bonchev–Trinajstić information content (AvgIpc) is 2.36. The highest BCUT2D eigenvalue weighted by Crippen LogP contribution is 2.24. The molecule has 2 nitrogen and oxygen atoms in total. The third-order valence-corrected chi connectivity index (χ3v) is 3.37. The first kappa shape index (κ1) is 17.2. The van der Waals surface area contributed by atoms with Gasteiger partial charge in [-0.05, 0) is 29.0 Å². The number of nitrogens with one attached hydrogen (secondary N) is 1. The van der Waals surface area contributed by atoms with E-state index in [2.05, 4.69) is 71.1 Å². The highest BCUT2D eigenvalue weighted by Gasteiger charge is 2.15. The molecule has 2 heteroatoms. The van der Waals surface area contributed by atoms with Crippen LogP contribution in [0.3, 0.4) is 0 Å². The molecule has 0 bridgehead atoms. The molecule has 1 N–H and O–H groups in total. The van der Waals surface area contributed by atoms with Gasteiger partial charge < -0.3 is 10.1 Å². The fourth-order valence-electron chi connectivity index (χ4n) is 2.16. The summed E-state index contributed by atoms with van der Waals surface area (Å²) in [5.41, 5.74) is 2.89. The molecule has 0 radical (unpaired) electrons. The van der Waals surface area contributed by atoms with Crippen LogP contribution in [-0.4, -0.2) is 19.8 Å². The molecule has 0 saturated heterocycles. The van der Waals surface area contributed by atoms with Gasteiger partial charge in [-0.25, -0.2) is 0 Å². The van der Waals surface area contributed by atoms with Crippen LogP contribution in [0, 0.1) is 5.92 Å². The molecule has 0 amide bonds. The minimum absolute atomic E-state index is 0.209. The maximum atomic E-state index is 5.80. The topological polar surface area (TPSA) is 21.3 Å². The van der Waals surface area contributed by atoms with Gasteiger partial charge in [0.25, 0.3) is 0 Å². The summed E-state index contributed by atoms with van der Waals surface area (Å²) in [6.45, 7) is 15.7. The Balaban J connectivity index is 2.71. The summed E-state index contributed by atoms with van der Waals surface area (Å²) in [7, 11) is 0. The van der Waals surface area contributed by atoms with Gasteiger partial charge in [-0.1, -0.05) is 65.8 Å². The highest BCUT2D eigenvalue weighted by molar-refractivity contribution is 5.29. The molecule has 1 rings (SSSR count). The predicted molar refractivity (Wildman–Crippen MR) is 87.2 cm³/mol. The molecule has 0 fully saturated rings. The smallest absolute Gasteiger partial charge is 0.0661 e. The minimum atomic E-state index is 0.209. The summed E-state index contributed by atoms with van der Waals surface area (Å²) in [6.07, 6.45) is 0. The van der Waals surface area contributed by atoms with E-state index in [1.807, 2.05) is 0 Å². The van der Waals surface area contributed by atoms with Gasteiger partial charge in [-0.15, -0.1) is 0 Å². The standard InChI is InChI=1S/C18H31NO/c1-7-19-17(13-20-12-14(2)3)15-8-10-16(11-9-15)18(4,5)6/h8-11,14,17,19H,7,12-13H2,1-6H3. The highest BCUT2D eigenvalue weighted by atomic mass is 16.5. The Kier molecular flexibility index (Phi) is 6.70. The molecule has 1 atom stereocenters. The van der Waals surface area contributed by atoms with E-state index in [1.54, 1.807) is 0 Å². The van der Waals surface area contributed by atoms with Crippen molar-refractivity contribution >= 4 is 0 Å². The lowest BCUT2D eigenvalue weighted by Crippen LogP contribution is -2.26. The van der Waals surface area contributed by atoms with E-state index in [0.717, 1.165) is 19.8 Å². The van der Waals surface area contributed by atoms with Crippen molar-refractivity contribution in [1.82, 2.24) is 5.32 Å². The van der Waals surface area contributed by atoms with E-state index in [-0.39, 0.29) is 11.5 Å². The number of likely N-dealkylation sites (N-methyl/N-ethyl adjacent to an activating group) is 1. The van der Waals surface area contributed by atoms with Gasteiger partial charge in [0.15, 0.2) is 0 Å². The molecular weight excluding hydrogens is 246 g/mol. The van der Waals surface area contributed by atoms with Crippen LogP contribution in [0.1, 0.15) is 58.7 Å². The molecular formula is C18H31NO. The Morgan fingerprint density at radius 3 is 2.10 bits per heavy atom. The van der Waals surface area contributed by atoms with Crippen molar-refractivity contribution in [2.45, 2.75) is 53.0 Å². The van der Waals surface area contributed by atoms with Crippen molar-refractivity contribution in [3.8, 4) is 0 Å². The molecule has 1 aromatic rings. The zero-order valence-corrected chi connectivity index (χ0v) is 14.0. The maximum Gasteiger partial charge on any atom is 0.0661 e. The molecule has 0 heterocycles. The molecule has 0 spiro atoms. The van der Waals surface area contributed by atoms with Crippen LogP contribution < -0.4 is 5.32 Å². The Morgan fingerprint density at radius 2 is 1.65 bits per heavy atom. The number of ether oxygens (including phenoxy) is 1. The molecule has 0 aliphatic rings. The molecule has 1 unspecified atom stereocenters. The molecule has 1 aromatic carbocycles. The van der Waals surface area contributed by atoms with Crippen LogP contribution in [0.2, 0.25) is 0 Å². The summed E-state index contributed by atoms with van der Waals surface area (Å²) in [5.74, 6) is 0.584. The SMILES string of the molecule is CCNC(COCC(C)C)c1ccc(C(C)(C)C)cc1. The van der Waals surface area contributed by atoms with Gasteiger partial charge in [0.05, 0.1) is 12.6 Å². The van der Waals surface area contributed by atoms with E-state index >= 15 is 0 Å². The lowest BCUT2D eigenvalue weighted by molar-refractivity contribution is 0.0905. The first-order chi connectivity index (χ1) is 9.34. The van der Waals surface area contributed by atoms with Crippen molar-refractivity contribution in [3.63, 3.8) is 0 Å². The number of benzene rings is 1. The van der Waals surface area contributed by atoms with Crippen molar-refractivity contribution in [3.05, 3.63) is 35.4 Å². The zero-order valence-electron chi connectivity index (χ0n) is 14.0. The van der Waals surface area contributed by atoms with Gasteiger partial charge in [0, 0.05) is 6.61 Å². The van der Waals surface area contributed by atoms with E-state index in [1.165, 1.54) is 11.1 Å². The molecule has 0 aromatic heterocycles. The number of hydrogen-bond acceptors (Lipinski definition) is 2. The normalized spacial score (nSPS) is 13.8. The van der Waals surface area contributed by atoms with Crippen molar-refractivity contribution in [1.29, 1.82) is 0 Å². The second-order valence-electron chi connectivity index (χ2n) is 6.91. The summed E-state index contributed by atoms with van der Waals surface area (Å²) in [5, 5.41) is 3.51. The molecule has 0 aliphatic carbocycles. The van der Waals surface area contributed by atoms with Gasteiger partial charge in [0.1, 0.15) is 0 Å². The summed E-state index contributed by atoms with van der Waals surface area (Å²) in [6, 6.07) is 9.22. The van der Waals surface area contributed by atoms with E-state index in [4.69, 9.17) is 4.74 Å². The monoisotopic (exact) mass is 277 g/mol. The van der Waals surface area contributed by atoms with E-state index in [9.17, 15) is 0 Å². The van der Waals surface area contributed by atoms with Crippen LogP contribution in [0.15, 0.2) is 24.3 Å². The molecule has 0 aliphatic heterocycles. The Bertz CT molecular complexity index is 375. The fraction of sp³-hybridized carbons (Fsp3) is 0.667. The van der Waals surface area contributed by atoms with Gasteiger partial charge in [0.2, 0.25) is 0 Å². The Hall–Kier alpha value is -0.860. The summed E-state index contributed by atoms with van der Waals surface area (Å²) >= 11 is 0. The predicted octanol–water partition coefficient (Wildman–Crippen LogP) is 4.31. The van der Waals surface area contributed by atoms with E-state index in [0.29, 0.717) is 5.92 Å². The van der Waals surface area contributed by atoms with Crippen LogP contribution in [0.5, 0.6) is 0 Å². The quantitative estimate of drug-likeness (QED) is 0.802. The van der Waals surface area contributed by atoms with Gasteiger partial charge in [-0.3, -0.25) is 0 Å². The molecule has 114 valence electrons. The maximum absolute atomic E-state index is 5.80. The summed E-state index contributed by atoms with van der Waals surface area (Å²) < 4.78 is 5.80. The second kappa shape index (κ2) is 7.80. The fourth-order valence-corrected chi connectivity index (χ4v) is 2.16. The van der Waals surface area contributed by atoms with E-state index < -0.39 is 0 Å². The third kappa shape index (κ3) is 5.64. The molecule has 20 heavy (non-hydrogen) atoms. The summed E-state index contributed by atoms with van der Waals surface area (Å²) in [4.78, 5) is 0. The Labute approximate surface area is 124 Å². The van der Waals surface area contributed by atoms with Crippen LogP contribution in [-0.2, 0) is 10.2 Å². The minimum Gasteiger partial charge on any atom is -0.379 e. The van der Waals surface area contributed by atoms with Crippen LogP contribution >= 0.6 is 0 Å². The van der Waals surface area contributed by atoms with Crippen LogP contribution in [0.4, 0.5) is 0 Å². The van der Waals surface area contributed by atoms with Crippen molar-refractivity contribution in [2.24, 2.45) is 5.92 Å². The third-order valence-electron chi connectivity index (χ3n) is 3.37. The largest absolute Gasteiger partial charge is 0.379 e. The lowest BCUT2D eigenvalue weighted by Gasteiger charge is -2.22. The first-order valence-electron chi connectivity index (χ1n) is 7.76. The van der Waals surface area contributed by atoms with Crippen molar-refractivity contribution in [2.75, 3.05) is 19.8 Å². The average molecular weight is 277 g/mol. The number of rotatable bonds is 7.